The largest absolute Gasteiger partial charge is 0.368 e. The SMILES string of the molecule is CNc1nc(C)c(-c2nc(N)ncc2F)s1. The highest BCUT2D eigenvalue weighted by Gasteiger charge is 2.15. The lowest BCUT2D eigenvalue weighted by Crippen LogP contribution is -1.98. The zero-order chi connectivity index (χ0) is 11.7. The van der Waals surface area contributed by atoms with Crippen LogP contribution in [0.25, 0.3) is 10.6 Å². The molecule has 0 amide bonds. The van der Waals surface area contributed by atoms with Crippen LogP contribution >= 0.6 is 11.3 Å². The quantitative estimate of drug-likeness (QED) is 0.833. The molecule has 0 aliphatic carbocycles. The normalized spacial score (nSPS) is 10.4. The Bertz CT molecular complexity index is 525. The maximum Gasteiger partial charge on any atom is 0.220 e. The number of aryl methyl sites for hydroxylation is 1. The first-order valence-corrected chi connectivity index (χ1v) is 5.37. The highest BCUT2D eigenvalue weighted by atomic mass is 32.1. The first-order chi connectivity index (χ1) is 7.61. The monoisotopic (exact) mass is 239 g/mol. The van der Waals surface area contributed by atoms with E-state index in [1.165, 1.54) is 11.3 Å². The summed E-state index contributed by atoms with van der Waals surface area (Å²) in [6, 6.07) is 0. The molecule has 0 saturated carbocycles. The molecule has 7 heteroatoms. The van der Waals surface area contributed by atoms with E-state index in [9.17, 15) is 4.39 Å². The summed E-state index contributed by atoms with van der Waals surface area (Å²) >= 11 is 1.33. The second-order valence-electron chi connectivity index (χ2n) is 3.11. The molecule has 2 aromatic heterocycles. The molecule has 0 aliphatic rings. The number of nitrogen functional groups attached to an aromatic ring is 1. The summed E-state index contributed by atoms with van der Waals surface area (Å²) in [5.74, 6) is -0.446. The zero-order valence-electron chi connectivity index (χ0n) is 8.78. The molecule has 16 heavy (non-hydrogen) atoms. The highest BCUT2D eigenvalue weighted by molar-refractivity contribution is 7.19. The fourth-order valence-electron chi connectivity index (χ4n) is 1.26. The summed E-state index contributed by atoms with van der Waals surface area (Å²) in [5, 5.41) is 3.61. The number of aromatic nitrogens is 3. The van der Waals surface area contributed by atoms with Gasteiger partial charge in [-0.15, -0.1) is 0 Å². The zero-order valence-corrected chi connectivity index (χ0v) is 9.60. The van der Waals surface area contributed by atoms with E-state index in [1.807, 2.05) is 0 Å². The Morgan fingerprint density at radius 3 is 2.81 bits per heavy atom. The average Bonchev–Trinajstić information content (AvgIpc) is 2.63. The average molecular weight is 239 g/mol. The molecule has 2 aromatic rings. The number of nitrogens with two attached hydrogens (primary N) is 1. The molecule has 2 heterocycles. The van der Waals surface area contributed by atoms with Gasteiger partial charge in [-0.05, 0) is 6.92 Å². The van der Waals surface area contributed by atoms with Gasteiger partial charge < -0.3 is 11.1 Å². The fraction of sp³-hybridized carbons (Fsp3) is 0.222. The van der Waals surface area contributed by atoms with Crippen molar-refractivity contribution in [3.63, 3.8) is 0 Å². The third-order valence-electron chi connectivity index (χ3n) is 1.99. The minimum Gasteiger partial charge on any atom is -0.368 e. The third kappa shape index (κ3) is 1.81. The Hall–Kier alpha value is -1.76. The van der Waals surface area contributed by atoms with E-state index in [4.69, 9.17) is 5.73 Å². The Morgan fingerprint density at radius 2 is 2.19 bits per heavy atom. The number of thiazole rings is 1. The number of rotatable bonds is 2. The van der Waals surface area contributed by atoms with Crippen LogP contribution in [0.15, 0.2) is 6.20 Å². The molecule has 2 rings (SSSR count). The molecule has 0 saturated heterocycles. The van der Waals surface area contributed by atoms with Gasteiger partial charge in [0.05, 0.1) is 16.8 Å². The van der Waals surface area contributed by atoms with Crippen molar-refractivity contribution >= 4 is 22.4 Å². The highest BCUT2D eigenvalue weighted by Crippen LogP contribution is 2.32. The van der Waals surface area contributed by atoms with Crippen LogP contribution in [0.4, 0.5) is 15.5 Å². The van der Waals surface area contributed by atoms with Crippen molar-refractivity contribution in [1.29, 1.82) is 0 Å². The fourth-order valence-corrected chi connectivity index (χ4v) is 2.17. The Balaban J connectivity index is 2.57. The number of nitrogens with zero attached hydrogens (tertiary/aromatic N) is 3. The number of anilines is 2. The predicted molar refractivity (Wildman–Crippen MR) is 61.8 cm³/mol. The second-order valence-corrected chi connectivity index (χ2v) is 4.11. The van der Waals surface area contributed by atoms with Gasteiger partial charge >= 0.3 is 0 Å². The first kappa shape index (κ1) is 10.7. The van der Waals surface area contributed by atoms with Crippen LogP contribution in [0.5, 0.6) is 0 Å². The van der Waals surface area contributed by atoms with Gasteiger partial charge in [-0.3, -0.25) is 0 Å². The maximum atomic E-state index is 13.5. The van der Waals surface area contributed by atoms with Gasteiger partial charge in [-0.2, -0.15) is 0 Å². The lowest BCUT2D eigenvalue weighted by Gasteiger charge is -2.00. The molecule has 0 unspecified atom stereocenters. The van der Waals surface area contributed by atoms with Crippen LogP contribution in [-0.2, 0) is 0 Å². The lowest BCUT2D eigenvalue weighted by molar-refractivity contribution is 0.619. The molecule has 0 aromatic carbocycles. The molecular formula is C9H10FN5S. The Morgan fingerprint density at radius 1 is 1.44 bits per heavy atom. The number of halogens is 1. The van der Waals surface area contributed by atoms with Crippen molar-refractivity contribution in [2.24, 2.45) is 0 Å². The third-order valence-corrected chi connectivity index (χ3v) is 3.17. The summed E-state index contributed by atoms with van der Waals surface area (Å²) in [6.07, 6.45) is 1.07. The number of hydrogen-bond acceptors (Lipinski definition) is 6. The van der Waals surface area contributed by atoms with Crippen LogP contribution in [0.1, 0.15) is 5.69 Å². The van der Waals surface area contributed by atoms with Crippen molar-refractivity contribution in [2.75, 3.05) is 18.1 Å². The van der Waals surface area contributed by atoms with Crippen LogP contribution in [-0.4, -0.2) is 22.0 Å². The van der Waals surface area contributed by atoms with Gasteiger partial charge in [-0.25, -0.2) is 19.3 Å². The molecular weight excluding hydrogens is 229 g/mol. The second kappa shape index (κ2) is 4.01. The van der Waals surface area contributed by atoms with E-state index in [-0.39, 0.29) is 11.6 Å². The summed E-state index contributed by atoms with van der Waals surface area (Å²) < 4.78 is 13.5. The van der Waals surface area contributed by atoms with E-state index in [2.05, 4.69) is 20.3 Å². The molecule has 0 spiro atoms. The number of nitrogens with one attached hydrogen (secondary N) is 1. The van der Waals surface area contributed by atoms with Gasteiger partial charge in [-0.1, -0.05) is 11.3 Å². The Labute approximate surface area is 95.6 Å². The maximum absolute atomic E-state index is 13.5. The molecule has 0 radical (unpaired) electrons. The van der Waals surface area contributed by atoms with Crippen LogP contribution in [0, 0.1) is 12.7 Å². The van der Waals surface area contributed by atoms with E-state index in [0.29, 0.717) is 15.7 Å². The smallest absolute Gasteiger partial charge is 0.220 e. The number of hydrogen-bond donors (Lipinski definition) is 2. The standard InChI is InChI=1S/C9H10FN5S/c1-4-7(16-9(12-2)14-4)6-5(10)3-13-8(11)15-6/h3H,1-2H3,(H,12,14)(H2,11,13,15). The van der Waals surface area contributed by atoms with Crippen molar-refractivity contribution in [3.05, 3.63) is 17.7 Å². The van der Waals surface area contributed by atoms with Gasteiger partial charge in [0.1, 0.15) is 5.69 Å². The summed E-state index contributed by atoms with van der Waals surface area (Å²) in [4.78, 5) is 12.3. The molecule has 5 nitrogen and oxygen atoms in total. The molecule has 0 atom stereocenters. The minimum absolute atomic E-state index is 0.0511. The van der Waals surface area contributed by atoms with Crippen molar-refractivity contribution < 1.29 is 4.39 Å². The summed E-state index contributed by atoms with van der Waals surface area (Å²) in [7, 11) is 1.76. The van der Waals surface area contributed by atoms with E-state index >= 15 is 0 Å². The molecule has 0 aliphatic heterocycles. The van der Waals surface area contributed by atoms with Gasteiger partial charge in [0.2, 0.25) is 5.95 Å². The van der Waals surface area contributed by atoms with Crippen molar-refractivity contribution in [3.8, 4) is 10.6 Å². The van der Waals surface area contributed by atoms with Crippen molar-refractivity contribution in [2.45, 2.75) is 6.92 Å². The van der Waals surface area contributed by atoms with Gasteiger partial charge in [0, 0.05) is 7.05 Å². The van der Waals surface area contributed by atoms with E-state index in [1.54, 1.807) is 14.0 Å². The van der Waals surface area contributed by atoms with Gasteiger partial charge in [0.25, 0.3) is 0 Å². The molecule has 0 bridgehead atoms. The van der Waals surface area contributed by atoms with Crippen LogP contribution in [0.3, 0.4) is 0 Å². The molecule has 0 fully saturated rings. The minimum atomic E-state index is -0.497. The van der Waals surface area contributed by atoms with Crippen LogP contribution < -0.4 is 11.1 Å². The molecule has 3 N–H and O–H groups in total. The first-order valence-electron chi connectivity index (χ1n) is 4.55. The lowest BCUT2D eigenvalue weighted by atomic mass is 10.3. The summed E-state index contributed by atoms with van der Waals surface area (Å²) in [5.41, 5.74) is 6.35. The molecule has 84 valence electrons. The van der Waals surface area contributed by atoms with Crippen LogP contribution in [0.2, 0.25) is 0 Å². The Kier molecular flexibility index (Phi) is 2.69. The predicted octanol–water partition coefficient (Wildman–Crippen LogP) is 1.67. The summed E-state index contributed by atoms with van der Waals surface area (Å²) in [6.45, 7) is 1.80. The topological polar surface area (TPSA) is 76.7 Å². The van der Waals surface area contributed by atoms with Gasteiger partial charge in [0.15, 0.2) is 10.9 Å². The van der Waals surface area contributed by atoms with E-state index < -0.39 is 5.82 Å². The van der Waals surface area contributed by atoms with Crippen molar-refractivity contribution in [1.82, 2.24) is 15.0 Å². The van der Waals surface area contributed by atoms with E-state index in [0.717, 1.165) is 6.20 Å².